The summed E-state index contributed by atoms with van der Waals surface area (Å²) in [5.74, 6) is 1.39. The third-order valence-corrected chi connectivity index (χ3v) is 4.53. The predicted octanol–water partition coefficient (Wildman–Crippen LogP) is 2.43. The topological polar surface area (TPSA) is 66.2 Å². The lowest BCUT2D eigenvalue weighted by Gasteiger charge is -2.21. The summed E-state index contributed by atoms with van der Waals surface area (Å²) in [5, 5.41) is 6.67. The summed E-state index contributed by atoms with van der Waals surface area (Å²) < 4.78 is 5.63. The lowest BCUT2D eigenvalue weighted by Crippen LogP contribution is -2.42. The second-order valence-electron chi connectivity index (χ2n) is 6.02. The number of aromatic amines is 1. The van der Waals surface area contributed by atoms with Crippen LogP contribution in [0, 0.1) is 0 Å². The van der Waals surface area contributed by atoms with Crippen LogP contribution in [0.15, 0.2) is 42.6 Å². The van der Waals surface area contributed by atoms with Crippen LogP contribution in [0.5, 0.6) is 11.6 Å². The van der Waals surface area contributed by atoms with Crippen LogP contribution in [0.4, 0.5) is 0 Å². The van der Waals surface area contributed by atoms with Gasteiger partial charge in [-0.1, -0.05) is 0 Å². The molecule has 2 bridgehead atoms. The van der Waals surface area contributed by atoms with Crippen LogP contribution in [0.1, 0.15) is 29.6 Å². The first kappa shape index (κ1) is 13.4. The number of H-pyrrole nitrogens is 1. The number of carbonyl (C=O) groups excluding carboxylic acids is 1. The minimum atomic E-state index is -0.00854. The Labute approximate surface area is 129 Å². The fourth-order valence-corrected chi connectivity index (χ4v) is 3.41. The van der Waals surface area contributed by atoms with Gasteiger partial charge in [-0.15, -0.1) is 0 Å². The molecule has 2 aromatic rings. The van der Waals surface area contributed by atoms with Crippen molar-refractivity contribution in [3.05, 3.63) is 48.2 Å². The Hall–Kier alpha value is -2.27. The fraction of sp³-hybridized carbons (Fsp3) is 0.353. The average molecular weight is 297 g/mol. The number of amides is 1. The third-order valence-electron chi connectivity index (χ3n) is 4.53. The molecule has 4 rings (SSSR count). The van der Waals surface area contributed by atoms with Crippen molar-refractivity contribution < 1.29 is 9.53 Å². The number of carbonyl (C=O) groups is 1. The van der Waals surface area contributed by atoms with E-state index in [0.717, 1.165) is 6.42 Å². The number of aromatic nitrogens is 1. The summed E-state index contributed by atoms with van der Waals surface area (Å²) in [4.78, 5) is 15.3. The number of ether oxygens (including phenoxy) is 1. The normalized spacial score (nSPS) is 26.1. The Kier molecular flexibility index (Phi) is 3.35. The second kappa shape index (κ2) is 5.50. The van der Waals surface area contributed by atoms with E-state index in [2.05, 4.69) is 15.6 Å². The molecule has 2 saturated heterocycles. The van der Waals surface area contributed by atoms with Gasteiger partial charge in [0.1, 0.15) is 5.75 Å². The summed E-state index contributed by atoms with van der Waals surface area (Å²) in [6.45, 7) is 0. The van der Waals surface area contributed by atoms with Gasteiger partial charge in [0.15, 0.2) is 5.88 Å². The molecule has 5 nitrogen and oxygen atoms in total. The van der Waals surface area contributed by atoms with Gasteiger partial charge in [-0.05, 0) is 49.6 Å². The average Bonchev–Trinajstić information content (AvgIpc) is 3.25. The Bertz CT molecular complexity index is 651. The highest BCUT2D eigenvalue weighted by atomic mass is 16.5. The molecule has 1 aromatic heterocycles. The first-order chi connectivity index (χ1) is 10.8. The molecule has 1 amide bonds. The van der Waals surface area contributed by atoms with E-state index in [1.165, 1.54) is 12.8 Å². The monoisotopic (exact) mass is 297 g/mol. The molecule has 5 heteroatoms. The number of fused-ring (bicyclic) bond motifs is 2. The molecule has 2 fully saturated rings. The van der Waals surface area contributed by atoms with Crippen LogP contribution in [0.2, 0.25) is 0 Å². The zero-order valence-corrected chi connectivity index (χ0v) is 12.2. The molecule has 114 valence electrons. The van der Waals surface area contributed by atoms with Crippen molar-refractivity contribution in [1.29, 1.82) is 0 Å². The van der Waals surface area contributed by atoms with Crippen molar-refractivity contribution >= 4 is 5.91 Å². The lowest BCUT2D eigenvalue weighted by molar-refractivity contribution is 0.0931. The highest BCUT2D eigenvalue weighted by Gasteiger charge is 2.39. The number of hydrogen-bond donors (Lipinski definition) is 3. The van der Waals surface area contributed by atoms with Crippen LogP contribution in [-0.4, -0.2) is 29.0 Å². The SMILES string of the molecule is O=C(N[C@@H]1C[C@H]2CC[C@@H]1N2)c1ccc(Oc2ccc[nH]2)cc1. The van der Waals surface area contributed by atoms with Crippen LogP contribution >= 0.6 is 0 Å². The summed E-state index contributed by atoms with van der Waals surface area (Å²) >= 11 is 0. The Balaban J connectivity index is 1.38. The number of hydrogen-bond acceptors (Lipinski definition) is 3. The smallest absolute Gasteiger partial charge is 0.251 e. The summed E-state index contributed by atoms with van der Waals surface area (Å²) in [5.41, 5.74) is 0.668. The molecule has 22 heavy (non-hydrogen) atoms. The second-order valence-corrected chi connectivity index (χ2v) is 6.02. The van der Waals surface area contributed by atoms with Gasteiger partial charge in [0.05, 0.1) is 0 Å². The van der Waals surface area contributed by atoms with Gasteiger partial charge in [-0.2, -0.15) is 0 Å². The number of benzene rings is 1. The number of rotatable bonds is 4. The molecule has 3 atom stereocenters. The molecule has 0 radical (unpaired) electrons. The molecule has 3 N–H and O–H groups in total. The van der Waals surface area contributed by atoms with Gasteiger partial charge >= 0.3 is 0 Å². The molecule has 0 unspecified atom stereocenters. The molecular formula is C17H19N3O2. The third kappa shape index (κ3) is 2.60. The quantitative estimate of drug-likeness (QED) is 0.812. The molecular weight excluding hydrogens is 278 g/mol. The Morgan fingerprint density at radius 1 is 1.18 bits per heavy atom. The fourth-order valence-electron chi connectivity index (χ4n) is 3.41. The van der Waals surface area contributed by atoms with Gasteiger partial charge in [-0.3, -0.25) is 4.79 Å². The predicted molar refractivity (Wildman–Crippen MR) is 83.1 cm³/mol. The minimum Gasteiger partial charge on any atom is -0.441 e. The zero-order chi connectivity index (χ0) is 14.9. The first-order valence-electron chi connectivity index (χ1n) is 7.76. The van der Waals surface area contributed by atoms with E-state index >= 15 is 0 Å². The Morgan fingerprint density at radius 2 is 2.05 bits per heavy atom. The van der Waals surface area contributed by atoms with Gasteiger partial charge in [0.2, 0.25) is 0 Å². The maximum Gasteiger partial charge on any atom is 0.251 e. The lowest BCUT2D eigenvalue weighted by atomic mass is 9.95. The van der Waals surface area contributed by atoms with Crippen molar-refractivity contribution in [2.45, 2.75) is 37.4 Å². The van der Waals surface area contributed by atoms with Crippen LogP contribution in [0.25, 0.3) is 0 Å². The van der Waals surface area contributed by atoms with Crippen LogP contribution in [-0.2, 0) is 0 Å². The van der Waals surface area contributed by atoms with Crippen LogP contribution in [0.3, 0.4) is 0 Å². The molecule has 0 aliphatic carbocycles. The molecule has 3 heterocycles. The van der Waals surface area contributed by atoms with E-state index in [4.69, 9.17) is 4.74 Å². The molecule has 0 saturated carbocycles. The molecule has 2 aliphatic heterocycles. The summed E-state index contributed by atoms with van der Waals surface area (Å²) in [6, 6.07) is 12.3. The highest BCUT2D eigenvalue weighted by Crippen LogP contribution is 2.28. The van der Waals surface area contributed by atoms with E-state index in [1.807, 2.05) is 24.3 Å². The maximum absolute atomic E-state index is 12.3. The molecule has 0 spiro atoms. The van der Waals surface area contributed by atoms with Gasteiger partial charge in [-0.25, -0.2) is 0 Å². The van der Waals surface area contributed by atoms with E-state index in [0.29, 0.717) is 29.3 Å². The van der Waals surface area contributed by atoms with Gasteiger partial charge in [0.25, 0.3) is 5.91 Å². The summed E-state index contributed by atoms with van der Waals surface area (Å²) in [7, 11) is 0. The van der Waals surface area contributed by atoms with Gasteiger partial charge < -0.3 is 20.4 Å². The summed E-state index contributed by atoms with van der Waals surface area (Å²) in [6.07, 6.45) is 5.26. The highest BCUT2D eigenvalue weighted by molar-refractivity contribution is 5.94. The van der Waals surface area contributed by atoms with E-state index in [-0.39, 0.29) is 11.9 Å². The first-order valence-corrected chi connectivity index (χ1v) is 7.76. The maximum atomic E-state index is 12.3. The van der Waals surface area contributed by atoms with Crippen molar-refractivity contribution in [2.24, 2.45) is 0 Å². The molecule has 1 aromatic carbocycles. The van der Waals surface area contributed by atoms with E-state index in [9.17, 15) is 4.79 Å². The van der Waals surface area contributed by atoms with E-state index < -0.39 is 0 Å². The van der Waals surface area contributed by atoms with Gasteiger partial charge in [0, 0.05) is 36.0 Å². The number of nitrogens with one attached hydrogen (secondary N) is 3. The molecule has 2 aliphatic rings. The van der Waals surface area contributed by atoms with E-state index in [1.54, 1.807) is 18.3 Å². The minimum absolute atomic E-state index is 0.00854. The van der Waals surface area contributed by atoms with Crippen molar-refractivity contribution in [2.75, 3.05) is 0 Å². The largest absolute Gasteiger partial charge is 0.441 e. The van der Waals surface area contributed by atoms with Crippen molar-refractivity contribution in [3.63, 3.8) is 0 Å². The van der Waals surface area contributed by atoms with Crippen LogP contribution < -0.4 is 15.4 Å². The van der Waals surface area contributed by atoms with Crippen molar-refractivity contribution in [3.8, 4) is 11.6 Å². The Morgan fingerprint density at radius 3 is 2.68 bits per heavy atom. The standard InChI is InChI=1S/C17H19N3O2/c21-17(20-15-10-12-5-8-14(15)19-12)11-3-6-13(7-4-11)22-16-2-1-9-18-16/h1-4,6-7,9,12,14-15,18-19H,5,8,10H2,(H,20,21)/t12-,14+,15-/m1/s1. The zero-order valence-electron chi connectivity index (χ0n) is 12.2. The van der Waals surface area contributed by atoms with Crippen molar-refractivity contribution in [1.82, 2.24) is 15.6 Å².